The van der Waals surface area contributed by atoms with Crippen molar-refractivity contribution in [1.29, 1.82) is 0 Å². The number of aromatic nitrogens is 2. The van der Waals surface area contributed by atoms with Crippen molar-refractivity contribution in [1.82, 2.24) is 20.8 Å². The van der Waals surface area contributed by atoms with Gasteiger partial charge in [-0.25, -0.2) is 9.59 Å². The van der Waals surface area contributed by atoms with E-state index in [1.165, 1.54) is 0 Å². The van der Waals surface area contributed by atoms with Crippen LogP contribution in [0.1, 0.15) is 68.7 Å². The molecule has 0 bridgehead atoms. The van der Waals surface area contributed by atoms with Crippen molar-refractivity contribution in [3.05, 3.63) is 11.7 Å². The number of nitrogens with two attached hydrogens (primary N) is 4. The summed E-state index contributed by atoms with van der Waals surface area (Å²) in [6.07, 6.45) is 1.49. The molecule has 14 nitrogen and oxygen atoms in total. The van der Waals surface area contributed by atoms with Gasteiger partial charge in [0.2, 0.25) is 17.7 Å². The van der Waals surface area contributed by atoms with Crippen molar-refractivity contribution in [3.8, 4) is 0 Å². The van der Waals surface area contributed by atoms with Gasteiger partial charge >= 0.3 is 12.0 Å². The van der Waals surface area contributed by atoms with Crippen LogP contribution in [0.2, 0.25) is 0 Å². The number of urea groups is 1. The lowest BCUT2D eigenvalue weighted by atomic mass is 10.1. The summed E-state index contributed by atoms with van der Waals surface area (Å²) in [6.45, 7) is 0.412. The molecule has 11 N–H and O–H groups in total. The standard InChI is InChI=1S/C17H30N8O6/c18-8-2-1-3-11(16(28)29)23-17(30)22-10(5-7-13(21)27)15-24-14(25-31-15)9(19)4-6-12(20)26/h9-11H,1-8,18-19H2,(H2,20,26)(H2,21,27)(H,28,29)(H2,22,23,30)/t9-,10-,11-/m0/s1. The fourth-order valence-corrected chi connectivity index (χ4v) is 2.62. The van der Waals surface area contributed by atoms with Crippen LogP contribution in [0.15, 0.2) is 4.52 Å². The fourth-order valence-electron chi connectivity index (χ4n) is 2.62. The topological polar surface area (TPSA) is 256 Å². The van der Waals surface area contributed by atoms with Crippen LogP contribution in [0.3, 0.4) is 0 Å². The van der Waals surface area contributed by atoms with E-state index in [1.807, 2.05) is 0 Å². The van der Waals surface area contributed by atoms with Gasteiger partial charge in [-0.1, -0.05) is 5.16 Å². The van der Waals surface area contributed by atoms with Gasteiger partial charge in [-0.2, -0.15) is 4.98 Å². The molecule has 0 saturated heterocycles. The molecule has 0 saturated carbocycles. The number of nitrogens with zero attached hydrogens (tertiary/aromatic N) is 2. The van der Waals surface area contributed by atoms with Gasteiger partial charge in [0.1, 0.15) is 12.1 Å². The quantitative estimate of drug-likeness (QED) is 0.155. The third-order valence-electron chi connectivity index (χ3n) is 4.32. The van der Waals surface area contributed by atoms with Crippen LogP contribution in [0.5, 0.6) is 0 Å². The summed E-state index contributed by atoms with van der Waals surface area (Å²) in [5.41, 5.74) is 21.6. The predicted octanol–water partition coefficient (Wildman–Crippen LogP) is -1.48. The zero-order valence-corrected chi connectivity index (χ0v) is 17.1. The number of hydrogen-bond donors (Lipinski definition) is 7. The first-order valence-electron chi connectivity index (χ1n) is 9.79. The Morgan fingerprint density at radius 1 is 1.00 bits per heavy atom. The minimum atomic E-state index is -1.19. The molecule has 31 heavy (non-hydrogen) atoms. The number of carboxylic acids is 1. The number of carbonyl (C=O) groups excluding carboxylic acids is 3. The molecule has 0 unspecified atom stereocenters. The molecule has 1 aromatic rings. The van der Waals surface area contributed by atoms with Crippen molar-refractivity contribution in [2.45, 2.75) is 63.1 Å². The Balaban J connectivity index is 2.84. The molecule has 0 fully saturated rings. The molecule has 0 spiro atoms. The zero-order valence-electron chi connectivity index (χ0n) is 17.1. The average Bonchev–Trinajstić information content (AvgIpc) is 3.18. The van der Waals surface area contributed by atoms with Gasteiger partial charge in [0.15, 0.2) is 5.82 Å². The van der Waals surface area contributed by atoms with Crippen LogP contribution >= 0.6 is 0 Å². The van der Waals surface area contributed by atoms with Gasteiger partial charge in [-0.3, -0.25) is 9.59 Å². The predicted molar refractivity (Wildman–Crippen MR) is 107 cm³/mol. The summed E-state index contributed by atoms with van der Waals surface area (Å²) < 4.78 is 5.14. The second kappa shape index (κ2) is 13.1. The number of hydrogen-bond acceptors (Lipinski definition) is 9. The van der Waals surface area contributed by atoms with Crippen LogP contribution in [0, 0.1) is 0 Å². The van der Waals surface area contributed by atoms with E-state index >= 15 is 0 Å². The summed E-state index contributed by atoms with van der Waals surface area (Å²) in [5, 5.41) is 17.9. The summed E-state index contributed by atoms with van der Waals surface area (Å²) >= 11 is 0. The van der Waals surface area contributed by atoms with E-state index in [1.54, 1.807) is 0 Å². The molecule has 1 rings (SSSR count). The van der Waals surface area contributed by atoms with Crippen molar-refractivity contribution >= 4 is 23.8 Å². The maximum Gasteiger partial charge on any atom is 0.326 e. The summed E-state index contributed by atoms with van der Waals surface area (Å²) in [7, 11) is 0. The number of nitrogens with one attached hydrogen (secondary N) is 2. The normalized spacial score (nSPS) is 13.7. The second-order valence-corrected chi connectivity index (χ2v) is 6.95. The highest BCUT2D eigenvalue weighted by atomic mass is 16.5. The first-order chi connectivity index (χ1) is 14.6. The molecule has 0 aliphatic carbocycles. The van der Waals surface area contributed by atoms with Crippen molar-refractivity contribution in [2.24, 2.45) is 22.9 Å². The lowest BCUT2D eigenvalue weighted by Crippen LogP contribution is -2.47. The smallest absolute Gasteiger partial charge is 0.326 e. The Bertz CT molecular complexity index is 755. The summed E-state index contributed by atoms with van der Waals surface area (Å²) in [5.74, 6) is -2.29. The summed E-state index contributed by atoms with van der Waals surface area (Å²) in [4.78, 5) is 49.9. The maximum absolute atomic E-state index is 12.3. The van der Waals surface area contributed by atoms with Crippen LogP contribution in [-0.4, -0.2) is 51.6 Å². The lowest BCUT2D eigenvalue weighted by molar-refractivity contribution is -0.139. The Hall–Kier alpha value is -3.26. The van der Waals surface area contributed by atoms with Gasteiger partial charge < -0.3 is 43.2 Å². The first-order valence-corrected chi connectivity index (χ1v) is 9.79. The van der Waals surface area contributed by atoms with E-state index in [-0.39, 0.29) is 43.8 Å². The van der Waals surface area contributed by atoms with Crippen LogP contribution < -0.4 is 33.6 Å². The van der Waals surface area contributed by atoms with Crippen LogP contribution in [0.25, 0.3) is 0 Å². The Kier molecular flexibility index (Phi) is 10.9. The van der Waals surface area contributed by atoms with E-state index < -0.39 is 41.9 Å². The Labute approximate surface area is 178 Å². The van der Waals surface area contributed by atoms with Gasteiger partial charge in [0.05, 0.1) is 6.04 Å². The van der Waals surface area contributed by atoms with Crippen LogP contribution in [-0.2, 0) is 14.4 Å². The van der Waals surface area contributed by atoms with Gasteiger partial charge in [0, 0.05) is 12.8 Å². The molecular formula is C17H30N8O6. The Morgan fingerprint density at radius 3 is 2.23 bits per heavy atom. The van der Waals surface area contributed by atoms with Gasteiger partial charge in [-0.15, -0.1) is 0 Å². The number of carbonyl (C=O) groups is 4. The van der Waals surface area contributed by atoms with Crippen LogP contribution in [0.4, 0.5) is 4.79 Å². The van der Waals surface area contributed by atoms with E-state index in [9.17, 15) is 24.3 Å². The van der Waals surface area contributed by atoms with E-state index in [0.717, 1.165) is 0 Å². The number of carboxylic acid groups (broad SMARTS) is 1. The number of unbranched alkanes of at least 4 members (excludes halogenated alkanes) is 1. The molecule has 174 valence electrons. The minimum absolute atomic E-state index is 0.0253. The molecule has 4 amide bonds. The van der Waals surface area contributed by atoms with E-state index in [0.29, 0.717) is 19.4 Å². The molecule has 3 atom stereocenters. The number of primary amides is 2. The zero-order chi connectivity index (χ0) is 23.4. The van der Waals surface area contributed by atoms with Crippen molar-refractivity contribution in [3.63, 3.8) is 0 Å². The van der Waals surface area contributed by atoms with E-state index in [4.69, 9.17) is 27.5 Å². The van der Waals surface area contributed by atoms with Gasteiger partial charge in [0.25, 0.3) is 0 Å². The third kappa shape index (κ3) is 9.86. The number of aliphatic carboxylic acids is 1. The molecule has 1 aromatic heterocycles. The van der Waals surface area contributed by atoms with Crippen molar-refractivity contribution in [2.75, 3.05) is 6.54 Å². The number of rotatable bonds is 15. The monoisotopic (exact) mass is 442 g/mol. The molecule has 0 aliphatic heterocycles. The molecule has 0 radical (unpaired) electrons. The third-order valence-corrected chi connectivity index (χ3v) is 4.32. The second-order valence-electron chi connectivity index (χ2n) is 6.95. The fraction of sp³-hybridized carbons (Fsp3) is 0.647. The molecule has 0 aromatic carbocycles. The molecular weight excluding hydrogens is 412 g/mol. The van der Waals surface area contributed by atoms with Gasteiger partial charge in [-0.05, 0) is 38.6 Å². The highest BCUT2D eigenvalue weighted by Crippen LogP contribution is 2.20. The largest absolute Gasteiger partial charge is 0.480 e. The number of amides is 4. The maximum atomic E-state index is 12.3. The minimum Gasteiger partial charge on any atom is -0.480 e. The SMILES string of the molecule is NCCCC[C@H](NC(=O)N[C@@H](CCC(N)=O)c1nc([C@@H](N)CCC(N)=O)no1)C(=O)O. The Morgan fingerprint density at radius 2 is 1.65 bits per heavy atom. The lowest BCUT2D eigenvalue weighted by Gasteiger charge is -2.18. The van der Waals surface area contributed by atoms with E-state index in [2.05, 4.69) is 20.8 Å². The first kappa shape index (κ1) is 25.8. The highest BCUT2D eigenvalue weighted by Gasteiger charge is 2.26. The highest BCUT2D eigenvalue weighted by molar-refractivity contribution is 5.82. The summed E-state index contributed by atoms with van der Waals surface area (Å²) in [6, 6.07) is -3.57. The molecule has 1 heterocycles. The average molecular weight is 442 g/mol. The van der Waals surface area contributed by atoms with Crippen molar-refractivity contribution < 1.29 is 28.8 Å². The molecule has 0 aliphatic rings. The molecule has 14 heteroatoms.